The van der Waals surface area contributed by atoms with Crippen molar-refractivity contribution in [3.8, 4) is 11.3 Å². The number of amides is 1. The summed E-state index contributed by atoms with van der Waals surface area (Å²) in [6, 6.07) is 6.75. The van der Waals surface area contributed by atoms with Crippen molar-refractivity contribution in [2.75, 3.05) is 6.61 Å². The molecule has 1 aromatic heterocycles. The molecule has 1 amide bonds. The van der Waals surface area contributed by atoms with E-state index in [1.165, 1.54) is 0 Å². The Morgan fingerprint density at radius 1 is 1.50 bits per heavy atom. The van der Waals surface area contributed by atoms with E-state index in [-0.39, 0.29) is 18.6 Å². The number of nitrogens with one attached hydrogen (secondary N) is 1. The van der Waals surface area contributed by atoms with Gasteiger partial charge in [-0.2, -0.15) is 0 Å². The Morgan fingerprint density at radius 3 is 2.85 bits per heavy atom. The molecule has 2 rings (SSSR count). The van der Waals surface area contributed by atoms with Gasteiger partial charge in [0, 0.05) is 11.6 Å². The highest BCUT2D eigenvalue weighted by Gasteiger charge is 2.23. The van der Waals surface area contributed by atoms with Gasteiger partial charge >= 0.3 is 0 Å². The van der Waals surface area contributed by atoms with E-state index in [4.69, 9.17) is 21.2 Å². The molecular weight excluding hydrogens is 280 g/mol. The molecule has 0 saturated carbocycles. The second kappa shape index (κ2) is 6.07. The van der Waals surface area contributed by atoms with Gasteiger partial charge in [0.05, 0.1) is 11.6 Å². The first-order valence-electron chi connectivity index (χ1n) is 6.17. The average Bonchev–Trinajstić information content (AvgIpc) is 2.81. The molecule has 0 bridgehead atoms. The van der Waals surface area contributed by atoms with Crippen molar-refractivity contribution in [2.45, 2.75) is 19.9 Å². The maximum absolute atomic E-state index is 12.2. The predicted molar refractivity (Wildman–Crippen MR) is 75.7 cm³/mol. The minimum atomic E-state index is -0.351. The zero-order chi connectivity index (χ0) is 14.7. The van der Waals surface area contributed by atoms with Crippen LogP contribution in [0.1, 0.15) is 23.0 Å². The van der Waals surface area contributed by atoms with E-state index < -0.39 is 0 Å². The van der Waals surface area contributed by atoms with Crippen LogP contribution in [0.3, 0.4) is 0 Å². The minimum Gasteiger partial charge on any atom is -0.394 e. The Labute approximate surface area is 121 Å². The molecule has 0 aliphatic heterocycles. The predicted octanol–water partition coefficient (Wildman–Crippen LogP) is 2.41. The zero-order valence-electron chi connectivity index (χ0n) is 11.2. The van der Waals surface area contributed by atoms with Crippen molar-refractivity contribution >= 4 is 17.5 Å². The summed E-state index contributed by atoms with van der Waals surface area (Å²) >= 11 is 6.12. The van der Waals surface area contributed by atoms with E-state index in [2.05, 4.69) is 10.5 Å². The second-order valence-corrected chi connectivity index (χ2v) is 4.91. The van der Waals surface area contributed by atoms with Gasteiger partial charge in [0.1, 0.15) is 17.0 Å². The molecule has 2 N–H and O–H groups in total. The molecule has 1 aromatic carbocycles. The number of hydrogen-bond donors (Lipinski definition) is 2. The average molecular weight is 295 g/mol. The first-order chi connectivity index (χ1) is 9.54. The van der Waals surface area contributed by atoms with E-state index in [0.29, 0.717) is 27.6 Å². The number of hydrogen-bond acceptors (Lipinski definition) is 4. The highest BCUT2D eigenvalue weighted by Crippen LogP contribution is 2.30. The SMILES string of the molecule is Cc1onc(-c2ccccc2Cl)c1C(=O)NC(C)CO. The summed E-state index contributed by atoms with van der Waals surface area (Å²) in [6.07, 6.45) is 0. The summed E-state index contributed by atoms with van der Waals surface area (Å²) in [5.41, 5.74) is 1.36. The van der Waals surface area contributed by atoms with E-state index in [0.717, 1.165) is 0 Å². The molecular formula is C14H15ClN2O3. The van der Waals surface area contributed by atoms with Gasteiger partial charge in [-0.15, -0.1) is 0 Å². The van der Waals surface area contributed by atoms with Crippen LogP contribution in [0, 0.1) is 6.92 Å². The smallest absolute Gasteiger partial charge is 0.257 e. The van der Waals surface area contributed by atoms with Gasteiger partial charge in [0.25, 0.3) is 5.91 Å². The van der Waals surface area contributed by atoms with E-state index in [1.807, 2.05) is 6.07 Å². The number of aliphatic hydroxyl groups excluding tert-OH is 1. The summed E-state index contributed by atoms with van der Waals surface area (Å²) < 4.78 is 5.11. The van der Waals surface area contributed by atoms with Crippen molar-refractivity contribution < 1.29 is 14.4 Å². The number of aryl methyl sites for hydroxylation is 1. The molecule has 0 radical (unpaired) electrons. The number of benzene rings is 1. The highest BCUT2D eigenvalue weighted by atomic mass is 35.5. The van der Waals surface area contributed by atoms with Gasteiger partial charge in [-0.1, -0.05) is 35.0 Å². The lowest BCUT2D eigenvalue weighted by molar-refractivity contribution is 0.0921. The molecule has 20 heavy (non-hydrogen) atoms. The third-order valence-corrected chi connectivity index (χ3v) is 3.20. The lowest BCUT2D eigenvalue weighted by Gasteiger charge is -2.11. The Morgan fingerprint density at radius 2 is 2.20 bits per heavy atom. The van der Waals surface area contributed by atoms with Gasteiger partial charge in [-0.05, 0) is 19.9 Å². The molecule has 0 aliphatic carbocycles. The molecule has 0 aliphatic rings. The maximum atomic E-state index is 12.2. The number of carbonyl (C=O) groups is 1. The number of carbonyl (C=O) groups excluding carboxylic acids is 1. The molecule has 2 aromatic rings. The zero-order valence-corrected chi connectivity index (χ0v) is 11.9. The van der Waals surface area contributed by atoms with E-state index in [9.17, 15) is 4.79 Å². The summed E-state index contributed by atoms with van der Waals surface area (Å²) in [6.45, 7) is 3.22. The minimum absolute atomic E-state index is 0.141. The van der Waals surface area contributed by atoms with Gasteiger partial charge in [0.15, 0.2) is 0 Å². The lowest BCUT2D eigenvalue weighted by atomic mass is 10.1. The van der Waals surface area contributed by atoms with Gasteiger partial charge < -0.3 is 14.9 Å². The van der Waals surface area contributed by atoms with Crippen LogP contribution in [-0.2, 0) is 0 Å². The van der Waals surface area contributed by atoms with Crippen LogP contribution in [0.15, 0.2) is 28.8 Å². The van der Waals surface area contributed by atoms with Gasteiger partial charge in [-0.3, -0.25) is 4.79 Å². The van der Waals surface area contributed by atoms with Crippen molar-refractivity contribution in [3.05, 3.63) is 40.6 Å². The molecule has 6 heteroatoms. The van der Waals surface area contributed by atoms with E-state index >= 15 is 0 Å². The molecule has 106 valence electrons. The van der Waals surface area contributed by atoms with Crippen LogP contribution < -0.4 is 5.32 Å². The number of halogens is 1. The summed E-state index contributed by atoms with van der Waals surface area (Å²) in [5, 5.41) is 16.1. The first-order valence-corrected chi connectivity index (χ1v) is 6.55. The largest absolute Gasteiger partial charge is 0.394 e. The molecule has 1 heterocycles. The fraction of sp³-hybridized carbons (Fsp3) is 0.286. The Kier molecular flexibility index (Phi) is 4.42. The molecule has 0 saturated heterocycles. The number of rotatable bonds is 4. The van der Waals surface area contributed by atoms with Crippen molar-refractivity contribution in [3.63, 3.8) is 0 Å². The molecule has 0 spiro atoms. The van der Waals surface area contributed by atoms with Crippen molar-refractivity contribution in [1.29, 1.82) is 0 Å². The third-order valence-electron chi connectivity index (χ3n) is 2.87. The van der Waals surface area contributed by atoms with Crippen LogP contribution in [-0.4, -0.2) is 28.8 Å². The van der Waals surface area contributed by atoms with Crippen molar-refractivity contribution in [2.24, 2.45) is 0 Å². The van der Waals surface area contributed by atoms with Gasteiger partial charge in [-0.25, -0.2) is 0 Å². The van der Waals surface area contributed by atoms with Crippen LogP contribution in [0.4, 0.5) is 0 Å². The van der Waals surface area contributed by atoms with Gasteiger partial charge in [0.2, 0.25) is 0 Å². The molecule has 0 fully saturated rings. The lowest BCUT2D eigenvalue weighted by Crippen LogP contribution is -2.35. The van der Waals surface area contributed by atoms with Crippen molar-refractivity contribution in [1.82, 2.24) is 10.5 Å². The second-order valence-electron chi connectivity index (χ2n) is 4.50. The standard InChI is InChI=1S/C14H15ClN2O3/c1-8(7-18)16-14(19)12-9(2)20-17-13(12)10-5-3-4-6-11(10)15/h3-6,8,18H,7H2,1-2H3,(H,16,19). The normalized spacial score (nSPS) is 12.2. The summed E-state index contributed by atoms with van der Waals surface area (Å²) in [7, 11) is 0. The first kappa shape index (κ1) is 14.6. The number of aliphatic hydroxyl groups is 1. The fourth-order valence-electron chi connectivity index (χ4n) is 1.82. The maximum Gasteiger partial charge on any atom is 0.257 e. The Hall–Kier alpha value is -1.85. The quantitative estimate of drug-likeness (QED) is 0.908. The topological polar surface area (TPSA) is 75.4 Å². The van der Waals surface area contributed by atoms with Crippen LogP contribution in [0.5, 0.6) is 0 Å². The Balaban J connectivity index is 2.43. The number of aromatic nitrogens is 1. The monoisotopic (exact) mass is 294 g/mol. The van der Waals surface area contributed by atoms with Crippen LogP contribution in [0.2, 0.25) is 5.02 Å². The Bertz CT molecular complexity index is 625. The van der Waals surface area contributed by atoms with Crippen LogP contribution in [0.25, 0.3) is 11.3 Å². The fourth-order valence-corrected chi connectivity index (χ4v) is 2.04. The summed E-state index contributed by atoms with van der Waals surface area (Å²) in [4.78, 5) is 12.2. The molecule has 1 unspecified atom stereocenters. The third kappa shape index (κ3) is 2.84. The highest BCUT2D eigenvalue weighted by molar-refractivity contribution is 6.33. The molecule has 5 nitrogen and oxygen atoms in total. The molecule has 1 atom stereocenters. The van der Waals surface area contributed by atoms with E-state index in [1.54, 1.807) is 32.0 Å². The summed E-state index contributed by atoms with van der Waals surface area (Å²) in [5.74, 6) is 0.0581. The number of nitrogens with zero attached hydrogens (tertiary/aromatic N) is 1. The van der Waals surface area contributed by atoms with Crippen LogP contribution >= 0.6 is 11.6 Å².